The molecule has 140 valence electrons. The van der Waals surface area contributed by atoms with Gasteiger partial charge in [-0.05, 0) is 31.3 Å². The average molecular weight is 367 g/mol. The van der Waals surface area contributed by atoms with Crippen LogP contribution in [0.15, 0.2) is 47.2 Å². The number of nitrogens with zero attached hydrogens (tertiary/aromatic N) is 4. The largest absolute Gasteiger partial charge is 0.467 e. The number of piperazine rings is 1. The van der Waals surface area contributed by atoms with Crippen LogP contribution in [-0.2, 0) is 6.54 Å². The minimum atomic E-state index is -0.340. The Labute approximate surface area is 156 Å². The number of nitrogens with one attached hydrogen (secondary N) is 1. The summed E-state index contributed by atoms with van der Waals surface area (Å²) in [5, 5.41) is 2.79. The first-order valence-corrected chi connectivity index (χ1v) is 8.89. The van der Waals surface area contributed by atoms with Gasteiger partial charge >= 0.3 is 0 Å². The molecule has 8 nitrogen and oxygen atoms in total. The van der Waals surface area contributed by atoms with Crippen molar-refractivity contribution in [2.75, 3.05) is 33.2 Å². The third kappa shape index (κ3) is 3.43. The van der Waals surface area contributed by atoms with E-state index < -0.39 is 0 Å². The number of hydrogen-bond acceptors (Lipinski definition) is 5. The summed E-state index contributed by atoms with van der Waals surface area (Å²) in [4.78, 5) is 34.0. The number of likely N-dealkylation sites (N-methyl/N-ethyl adjacent to an activating group) is 1. The summed E-state index contributed by atoms with van der Waals surface area (Å²) in [7, 11) is 2.04. The number of amides is 2. The summed E-state index contributed by atoms with van der Waals surface area (Å²) in [6.45, 7) is 3.21. The second-order valence-corrected chi connectivity index (χ2v) is 6.60. The number of hydrogen-bond donors (Lipinski definition) is 1. The van der Waals surface area contributed by atoms with Gasteiger partial charge in [0, 0.05) is 32.4 Å². The maximum absolute atomic E-state index is 13.0. The molecule has 0 atom stereocenters. The quantitative estimate of drug-likeness (QED) is 0.750. The molecule has 0 saturated carbocycles. The van der Waals surface area contributed by atoms with Crippen molar-refractivity contribution in [1.29, 1.82) is 0 Å². The van der Waals surface area contributed by atoms with Crippen LogP contribution in [0.4, 0.5) is 0 Å². The molecule has 0 aliphatic carbocycles. The van der Waals surface area contributed by atoms with Crippen molar-refractivity contribution >= 4 is 17.3 Å². The Hall–Kier alpha value is -3.13. The van der Waals surface area contributed by atoms with Gasteiger partial charge in [0.05, 0.1) is 18.3 Å². The second kappa shape index (κ2) is 7.24. The summed E-state index contributed by atoms with van der Waals surface area (Å²) < 4.78 is 6.92. The molecule has 0 aromatic carbocycles. The van der Waals surface area contributed by atoms with E-state index >= 15 is 0 Å². The van der Waals surface area contributed by atoms with E-state index in [4.69, 9.17) is 4.42 Å². The van der Waals surface area contributed by atoms with Gasteiger partial charge in [0.1, 0.15) is 5.76 Å². The van der Waals surface area contributed by atoms with Gasteiger partial charge in [0.2, 0.25) is 5.82 Å². The smallest absolute Gasteiger partial charge is 0.290 e. The van der Waals surface area contributed by atoms with E-state index in [1.54, 1.807) is 40.0 Å². The molecular weight excluding hydrogens is 346 g/mol. The van der Waals surface area contributed by atoms with E-state index in [-0.39, 0.29) is 29.9 Å². The van der Waals surface area contributed by atoms with E-state index in [1.807, 2.05) is 19.2 Å². The lowest BCUT2D eigenvalue weighted by molar-refractivity contribution is 0.0651. The Kier molecular flexibility index (Phi) is 4.64. The molecule has 8 heteroatoms. The molecule has 0 spiro atoms. The minimum absolute atomic E-state index is 0.158. The molecule has 0 unspecified atom stereocenters. The molecule has 3 aromatic heterocycles. The van der Waals surface area contributed by atoms with Crippen LogP contribution in [0.25, 0.3) is 5.52 Å². The molecule has 2 amide bonds. The maximum atomic E-state index is 13.0. The van der Waals surface area contributed by atoms with Crippen molar-refractivity contribution in [3.8, 4) is 0 Å². The van der Waals surface area contributed by atoms with Crippen LogP contribution in [0.1, 0.15) is 26.9 Å². The Bertz CT molecular complexity index is 955. The monoisotopic (exact) mass is 367 g/mol. The van der Waals surface area contributed by atoms with Gasteiger partial charge in [-0.15, -0.1) is 0 Å². The third-order valence-electron chi connectivity index (χ3n) is 4.75. The molecule has 3 aromatic rings. The van der Waals surface area contributed by atoms with Crippen molar-refractivity contribution < 1.29 is 14.0 Å². The molecule has 1 fully saturated rings. The third-order valence-corrected chi connectivity index (χ3v) is 4.75. The van der Waals surface area contributed by atoms with Gasteiger partial charge in [-0.3, -0.25) is 14.0 Å². The summed E-state index contributed by atoms with van der Waals surface area (Å²) in [6, 6.07) is 8.98. The first-order chi connectivity index (χ1) is 13.1. The summed E-state index contributed by atoms with van der Waals surface area (Å²) in [6.07, 6.45) is 3.31. The lowest BCUT2D eigenvalue weighted by Crippen LogP contribution is -2.47. The number of carbonyl (C=O) groups excluding carboxylic acids is 2. The highest BCUT2D eigenvalue weighted by molar-refractivity contribution is 6.02. The number of aromatic nitrogens is 2. The predicted octanol–water partition coefficient (Wildman–Crippen LogP) is 1.24. The average Bonchev–Trinajstić information content (AvgIpc) is 3.34. The van der Waals surface area contributed by atoms with Crippen molar-refractivity contribution in [1.82, 2.24) is 24.5 Å². The van der Waals surface area contributed by atoms with Crippen molar-refractivity contribution in [2.24, 2.45) is 0 Å². The van der Waals surface area contributed by atoms with Crippen molar-refractivity contribution in [3.05, 3.63) is 60.1 Å². The molecule has 0 radical (unpaired) electrons. The number of imidazole rings is 1. The topological polar surface area (TPSA) is 83.1 Å². The van der Waals surface area contributed by atoms with Gasteiger partial charge in [0.25, 0.3) is 11.8 Å². The first-order valence-electron chi connectivity index (χ1n) is 8.89. The summed E-state index contributed by atoms with van der Waals surface area (Å²) in [5.74, 6) is 0.417. The Balaban J connectivity index is 1.60. The number of furan rings is 1. The first kappa shape index (κ1) is 17.3. The zero-order valence-electron chi connectivity index (χ0n) is 15.1. The van der Waals surface area contributed by atoms with E-state index in [1.165, 1.54) is 0 Å². The molecule has 27 heavy (non-hydrogen) atoms. The minimum Gasteiger partial charge on any atom is -0.467 e. The second-order valence-electron chi connectivity index (χ2n) is 6.60. The zero-order valence-corrected chi connectivity index (χ0v) is 15.1. The van der Waals surface area contributed by atoms with E-state index in [0.29, 0.717) is 24.4 Å². The fourth-order valence-electron chi connectivity index (χ4n) is 3.17. The SMILES string of the molecule is CN1CCN(C(=O)c2nc(C(=O)NCc3ccco3)c3ccccn23)CC1. The molecular formula is C19H21N5O3. The molecule has 0 bridgehead atoms. The van der Waals surface area contributed by atoms with Crippen LogP contribution in [0.5, 0.6) is 0 Å². The van der Waals surface area contributed by atoms with Gasteiger partial charge < -0.3 is 19.5 Å². The normalized spacial score (nSPS) is 15.2. The predicted molar refractivity (Wildman–Crippen MR) is 98.5 cm³/mol. The Morgan fingerprint density at radius 3 is 2.70 bits per heavy atom. The fourth-order valence-corrected chi connectivity index (χ4v) is 3.17. The molecule has 4 heterocycles. The molecule has 1 N–H and O–H groups in total. The van der Waals surface area contributed by atoms with Crippen LogP contribution in [0, 0.1) is 0 Å². The number of carbonyl (C=O) groups is 2. The van der Waals surface area contributed by atoms with Crippen LogP contribution in [-0.4, -0.2) is 64.2 Å². The van der Waals surface area contributed by atoms with E-state index in [9.17, 15) is 9.59 Å². The summed E-state index contributed by atoms with van der Waals surface area (Å²) in [5.41, 5.74) is 0.839. The zero-order chi connectivity index (χ0) is 18.8. The van der Waals surface area contributed by atoms with Crippen molar-refractivity contribution in [3.63, 3.8) is 0 Å². The van der Waals surface area contributed by atoms with Gasteiger partial charge in [-0.2, -0.15) is 0 Å². The highest BCUT2D eigenvalue weighted by Crippen LogP contribution is 2.16. The highest BCUT2D eigenvalue weighted by atomic mass is 16.3. The van der Waals surface area contributed by atoms with Gasteiger partial charge in [-0.25, -0.2) is 4.98 Å². The number of fused-ring (bicyclic) bond motifs is 1. The summed E-state index contributed by atoms with van der Waals surface area (Å²) >= 11 is 0. The molecule has 1 aliphatic rings. The van der Waals surface area contributed by atoms with Crippen LogP contribution >= 0.6 is 0 Å². The molecule has 1 aliphatic heterocycles. The standard InChI is InChI=1S/C19H21N5O3/c1-22-8-10-23(11-9-22)19(26)17-21-16(15-6-2-3-7-24(15)17)18(25)20-13-14-5-4-12-27-14/h2-7,12H,8-11,13H2,1H3,(H,20,25). The van der Waals surface area contributed by atoms with E-state index in [0.717, 1.165) is 13.1 Å². The Morgan fingerprint density at radius 1 is 1.15 bits per heavy atom. The van der Waals surface area contributed by atoms with Gasteiger partial charge in [0.15, 0.2) is 5.69 Å². The lowest BCUT2D eigenvalue weighted by Gasteiger charge is -2.31. The van der Waals surface area contributed by atoms with Crippen LogP contribution in [0.3, 0.4) is 0 Å². The number of rotatable bonds is 4. The number of pyridine rings is 1. The highest BCUT2D eigenvalue weighted by Gasteiger charge is 2.27. The van der Waals surface area contributed by atoms with Crippen LogP contribution < -0.4 is 5.32 Å². The molecule has 1 saturated heterocycles. The van der Waals surface area contributed by atoms with Crippen molar-refractivity contribution in [2.45, 2.75) is 6.54 Å². The fraction of sp³-hybridized carbons (Fsp3) is 0.316. The lowest BCUT2D eigenvalue weighted by atomic mass is 10.3. The Morgan fingerprint density at radius 2 is 1.96 bits per heavy atom. The van der Waals surface area contributed by atoms with Crippen LogP contribution in [0.2, 0.25) is 0 Å². The van der Waals surface area contributed by atoms with E-state index in [2.05, 4.69) is 15.2 Å². The van der Waals surface area contributed by atoms with Gasteiger partial charge in [-0.1, -0.05) is 6.07 Å². The molecule has 4 rings (SSSR count). The maximum Gasteiger partial charge on any atom is 0.290 e.